The first-order valence-electron chi connectivity index (χ1n) is 23.5. The van der Waals surface area contributed by atoms with Gasteiger partial charge in [-0.15, -0.1) is 0 Å². The maximum Gasteiger partial charge on any atom is 0.308 e. The molecule has 1 rings (SSSR count). The molecular formula is C47H91NO4. The Morgan fingerprint density at radius 1 is 0.462 bits per heavy atom. The van der Waals surface area contributed by atoms with E-state index in [2.05, 4.69) is 39.5 Å². The third-order valence-electron chi connectivity index (χ3n) is 12.2. The predicted octanol–water partition coefficient (Wildman–Crippen LogP) is 14.2. The average Bonchev–Trinajstić information content (AvgIpc) is 3.16. The minimum atomic E-state index is 0.0608. The topological polar surface area (TPSA) is 55.8 Å². The van der Waals surface area contributed by atoms with Crippen LogP contribution in [0.15, 0.2) is 0 Å². The summed E-state index contributed by atoms with van der Waals surface area (Å²) < 4.78 is 12.1. The molecule has 1 aliphatic rings. The van der Waals surface area contributed by atoms with Crippen LogP contribution in [-0.2, 0) is 19.1 Å². The van der Waals surface area contributed by atoms with E-state index in [0.29, 0.717) is 13.2 Å². The molecule has 0 N–H and O–H groups in total. The third kappa shape index (κ3) is 25.1. The summed E-state index contributed by atoms with van der Waals surface area (Å²) in [6.07, 6.45) is 37.9. The molecule has 308 valence electrons. The number of hydrogen-bond acceptors (Lipinski definition) is 5. The molecular weight excluding hydrogens is 643 g/mol. The van der Waals surface area contributed by atoms with Crippen LogP contribution < -0.4 is 0 Å². The van der Waals surface area contributed by atoms with Crippen molar-refractivity contribution in [2.45, 2.75) is 240 Å². The van der Waals surface area contributed by atoms with Crippen molar-refractivity contribution in [3.05, 3.63) is 0 Å². The lowest BCUT2D eigenvalue weighted by atomic mass is 9.71. The van der Waals surface area contributed by atoms with Crippen molar-refractivity contribution in [3.8, 4) is 0 Å². The third-order valence-corrected chi connectivity index (χ3v) is 12.2. The standard InChI is InChI=1S/C47H91NO4/c1-6-11-16-20-22-26-32-43(30-24-18-13-8-3)45(49)51-41-28-34-47(36-39-48(40-37-47)38-15-10-5)35-29-42-52-46(50)44(31-25-19-14-9-4)33-27-23-21-17-12-7-2/h43-44H,6-42H2,1-5H3. The summed E-state index contributed by atoms with van der Waals surface area (Å²) in [5.41, 5.74) is 0.262. The van der Waals surface area contributed by atoms with Gasteiger partial charge in [0.05, 0.1) is 25.0 Å². The number of rotatable bonds is 37. The van der Waals surface area contributed by atoms with Gasteiger partial charge in [0.1, 0.15) is 0 Å². The Balaban J connectivity index is 2.67. The molecule has 0 saturated carbocycles. The minimum Gasteiger partial charge on any atom is -0.465 e. The van der Waals surface area contributed by atoms with Crippen molar-refractivity contribution in [3.63, 3.8) is 0 Å². The largest absolute Gasteiger partial charge is 0.465 e. The highest BCUT2D eigenvalue weighted by atomic mass is 16.5. The molecule has 1 heterocycles. The molecule has 2 unspecified atom stereocenters. The van der Waals surface area contributed by atoms with E-state index in [1.807, 2.05) is 0 Å². The SMILES string of the molecule is CCCCCCCCC(CCCCCC)C(=O)OCCCC1(CCCOC(=O)C(CCCCCC)CCCCCCCC)CCN(CCCC)CC1. The Morgan fingerprint density at radius 3 is 1.15 bits per heavy atom. The number of likely N-dealkylation sites (tertiary alicyclic amines) is 1. The Kier molecular flexibility index (Phi) is 32.4. The van der Waals surface area contributed by atoms with Crippen molar-refractivity contribution in [1.82, 2.24) is 4.90 Å². The predicted molar refractivity (Wildman–Crippen MR) is 224 cm³/mol. The van der Waals surface area contributed by atoms with Gasteiger partial charge in [-0.2, -0.15) is 0 Å². The Bertz CT molecular complexity index is 753. The fourth-order valence-corrected chi connectivity index (χ4v) is 8.47. The van der Waals surface area contributed by atoms with Crippen LogP contribution in [0.1, 0.15) is 240 Å². The molecule has 0 spiro atoms. The molecule has 1 saturated heterocycles. The van der Waals surface area contributed by atoms with Crippen LogP contribution in [0.2, 0.25) is 0 Å². The Morgan fingerprint density at radius 2 is 0.788 bits per heavy atom. The van der Waals surface area contributed by atoms with Crippen LogP contribution >= 0.6 is 0 Å². The molecule has 1 aliphatic heterocycles. The summed E-state index contributed by atoms with van der Waals surface area (Å²) in [6.45, 7) is 15.9. The van der Waals surface area contributed by atoms with Gasteiger partial charge in [-0.3, -0.25) is 9.59 Å². The Labute approximate surface area is 325 Å². The van der Waals surface area contributed by atoms with E-state index in [1.165, 1.54) is 135 Å². The van der Waals surface area contributed by atoms with E-state index in [9.17, 15) is 9.59 Å². The number of carbonyl (C=O) groups excluding carboxylic acids is 2. The van der Waals surface area contributed by atoms with Gasteiger partial charge < -0.3 is 14.4 Å². The van der Waals surface area contributed by atoms with E-state index in [4.69, 9.17) is 9.47 Å². The number of piperidine rings is 1. The zero-order valence-corrected chi connectivity index (χ0v) is 35.9. The molecule has 5 nitrogen and oxygen atoms in total. The zero-order valence-electron chi connectivity index (χ0n) is 35.9. The molecule has 5 heteroatoms. The van der Waals surface area contributed by atoms with E-state index < -0.39 is 0 Å². The van der Waals surface area contributed by atoms with Crippen LogP contribution in [-0.4, -0.2) is 49.7 Å². The maximum atomic E-state index is 13.3. The van der Waals surface area contributed by atoms with Crippen molar-refractivity contribution in [1.29, 1.82) is 0 Å². The summed E-state index contributed by atoms with van der Waals surface area (Å²) in [4.78, 5) is 29.3. The second kappa shape index (κ2) is 34.4. The fraction of sp³-hybridized carbons (Fsp3) is 0.957. The van der Waals surface area contributed by atoms with Gasteiger partial charge in [0.25, 0.3) is 0 Å². The molecule has 0 bridgehead atoms. The average molecular weight is 734 g/mol. The molecule has 2 atom stereocenters. The monoisotopic (exact) mass is 734 g/mol. The summed E-state index contributed by atoms with van der Waals surface area (Å²) in [7, 11) is 0. The highest BCUT2D eigenvalue weighted by Gasteiger charge is 2.34. The van der Waals surface area contributed by atoms with Gasteiger partial charge in [0.15, 0.2) is 0 Å². The first-order valence-corrected chi connectivity index (χ1v) is 23.5. The first-order chi connectivity index (χ1) is 25.4. The van der Waals surface area contributed by atoms with Gasteiger partial charge >= 0.3 is 11.9 Å². The molecule has 0 aromatic carbocycles. The summed E-state index contributed by atoms with van der Waals surface area (Å²) in [5, 5.41) is 0. The normalized spacial score (nSPS) is 15.8. The molecule has 0 amide bonds. The number of unbranched alkanes of at least 4 members (excludes halogenated alkanes) is 17. The smallest absolute Gasteiger partial charge is 0.308 e. The Hall–Kier alpha value is -1.10. The van der Waals surface area contributed by atoms with Gasteiger partial charge in [-0.05, 0) is 95.7 Å². The first kappa shape index (κ1) is 48.9. The van der Waals surface area contributed by atoms with E-state index in [1.54, 1.807) is 0 Å². The molecule has 0 aromatic heterocycles. The molecule has 0 aliphatic carbocycles. The van der Waals surface area contributed by atoms with Crippen molar-refractivity contribution in [2.75, 3.05) is 32.8 Å². The van der Waals surface area contributed by atoms with Crippen molar-refractivity contribution < 1.29 is 19.1 Å². The van der Waals surface area contributed by atoms with Crippen molar-refractivity contribution in [2.24, 2.45) is 17.3 Å². The van der Waals surface area contributed by atoms with Crippen LogP contribution in [0.4, 0.5) is 0 Å². The second-order valence-electron chi connectivity index (χ2n) is 16.9. The lowest BCUT2D eigenvalue weighted by molar-refractivity contribution is -0.150. The fourth-order valence-electron chi connectivity index (χ4n) is 8.47. The summed E-state index contributed by atoms with van der Waals surface area (Å²) in [6, 6.07) is 0. The minimum absolute atomic E-state index is 0.0608. The number of nitrogens with zero attached hydrogens (tertiary/aromatic N) is 1. The maximum absolute atomic E-state index is 13.3. The van der Waals surface area contributed by atoms with Crippen LogP contribution in [0, 0.1) is 17.3 Å². The van der Waals surface area contributed by atoms with E-state index in [0.717, 1.165) is 90.1 Å². The zero-order chi connectivity index (χ0) is 38.0. The van der Waals surface area contributed by atoms with Gasteiger partial charge in [0, 0.05) is 0 Å². The second-order valence-corrected chi connectivity index (χ2v) is 16.9. The number of esters is 2. The number of carbonyl (C=O) groups is 2. The van der Waals surface area contributed by atoms with Crippen LogP contribution in [0.3, 0.4) is 0 Å². The number of hydrogen-bond donors (Lipinski definition) is 0. The van der Waals surface area contributed by atoms with Crippen LogP contribution in [0.25, 0.3) is 0 Å². The lowest BCUT2D eigenvalue weighted by Gasteiger charge is -2.42. The van der Waals surface area contributed by atoms with Crippen LogP contribution in [0.5, 0.6) is 0 Å². The van der Waals surface area contributed by atoms with Gasteiger partial charge in [-0.1, -0.05) is 169 Å². The molecule has 52 heavy (non-hydrogen) atoms. The quantitative estimate of drug-likeness (QED) is 0.0470. The van der Waals surface area contributed by atoms with E-state index in [-0.39, 0.29) is 29.2 Å². The highest BCUT2D eigenvalue weighted by molar-refractivity contribution is 5.72. The molecule has 1 fully saturated rings. The summed E-state index contributed by atoms with van der Waals surface area (Å²) in [5.74, 6) is 0.270. The molecule has 0 radical (unpaired) electrons. The van der Waals surface area contributed by atoms with Gasteiger partial charge in [-0.25, -0.2) is 0 Å². The summed E-state index contributed by atoms with van der Waals surface area (Å²) >= 11 is 0. The molecule has 0 aromatic rings. The van der Waals surface area contributed by atoms with E-state index >= 15 is 0 Å². The number of ether oxygens (including phenoxy) is 2. The van der Waals surface area contributed by atoms with Gasteiger partial charge in [0.2, 0.25) is 0 Å². The van der Waals surface area contributed by atoms with Crippen molar-refractivity contribution >= 4 is 11.9 Å². The lowest BCUT2D eigenvalue weighted by Crippen LogP contribution is -2.41. The highest BCUT2D eigenvalue weighted by Crippen LogP contribution is 2.41.